The molecule has 0 nitrogen and oxygen atoms in total. The molecule has 2 aliphatic rings. The van der Waals surface area contributed by atoms with Crippen LogP contribution in [0.15, 0.2) is 0 Å². The van der Waals surface area contributed by atoms with Crippen molar-refractivity contribution in [1.29, 1.82) is 0 Å². The Kier molecular flexibility index (Phi) is 1.28. The average molecular weight is 124 g/mol. The highest BCUT2D eigenvalue weighted by Gasteiger charge is 2.44. The number of rotatable bonds is 2. The summed E-state index contributed by atoms with van der Waals surface area (Å²) in [5.74, 6) is 3.53. The van der Waals surface area contributed by atoms with Crippen LogP contribution in [0.25, 0.3) is 0 Å². The third-order valence-corrected chi connectivity index (χ3v) is 3.04. The summed E-state index contributed by atoms with van der Waals surface area (Å²) in [4.78, 5) is 0. The highest BCUT2D eigenvalue weighted by molar-refractivity contribution is 4.95. The van der Waals surface area contributed by atoms with E-state index in [0.29, 0.717) is 0 Å². The molecule has 0 amide bonds. The molecule has 9 heavy (non-hydrogen) atoms. The van der Waals surface area contributed by atoms with E-state index in [1.54, 1.807) is 19.3 Å². The summed E-state index contributed by atoms with van der Waals surface area (Å²) in [6.07, 6.45) is 7.66. The summed E-state index contributed by atoms with van der Waals surface area (Å²) < 4.78 is 0. The van der Waals surface area contributed by atoms with Crippen LogP contribution in [0.5, 0.6) is 0 Å². The summed E-state index contributed by atoms with van der Waals surface area (Å²) in [5.41, 5.74) is 0. The van der Waals surface area contributed by atoms with Crippen LogP contribution in [0.1, 0.15) is 39.0 Å². The summed E-state index contributed by atoms with van der Waals surface area (Å²) in [6, 6.07) is 0. The number of hydrogen-bond donors (Lipinski definition) is 0. The van der Waals surface area contributed by atoms with Gasteiger partial charge in [0.1, 0.15) is 0 Å². The lowest BCUT2D eigenvalue weighted by Crippen LogP contribution is -1.94. The van der Waals surface area contributed by atoms with Gasteiger partial charge < -0.3 is 0 Å². The Morgan fingerprint density at radius 3 is 2.33 bits per heavy atom. The van der Waals surface area contributed by atoms with Crippen molar-refractivity contribution >= 4 is 0 Å². The van der Waals surface area contributed by atoms with Gasteiger partial charge in [-0.05, 0) is 37.0 Å². The first-order valence-corrected chi connectivity index (χ1v) is 4.40. The fourth-order valence-corrected chi connectivity index (χ4v) is 2.48. The van der Waals surface area contributed by atoms with Gasteiger partial charge in [-0.15, -0.1) is 0 Å². The van der Waals surface area contributed by atoms with Gasteiger partial charge in [0.25, 0.3) is 0 Å². The van der Waals surface area contributed by atoms with Crippen molar-refractivity contribution in [2.75, 3.05) is 0 Å². The van der Waals surface area contributed by atoms with Crippen molar-refractivity contribution in [1.82, 2.24) is 0 Å². The van der Waals surface area contributed by atoms with Gasteiger partial charge in [0, 0.05) is 0 Å². The van der Waals surface area contributed by atoms with Crippen LogP contribution in [-0.2, 0) is 0 Å². The quantitative estimate of drug-likeness (QED) is 0.531. The molecule has 0 aromatic heterocycles. The minimum absolute atomic E-state index is 1.14. The molecular formula is C9H16. The molecule has 0 radical (unpaired) electrons. The molecule has 0 saturated heterocycles. The molecular weight excluding hydrogens is 108 g/mol. The maximum absolute atomic E-state index is 2.31. The molecule has 2 atom stereocenters. The molecule has 2 saturated carbocycles. The van der Waals surface area contributed by atoms with Gasteiger partial charge in [0.2, 0.25) is 0 Å². The normalized spacial score (nSPS) is 47.0. The van der Waals surface area contributed by atoms with E-state index in [9.17, 15) is 0 Å². The first kappa shape index (κ1) is 5.76. The Morgan fingerprint density at radius 2 is 1.78 bits per heavy atom. The predicted molar refractivity (Wildman–Crippen MR) is 39.2 cm³/mol. The third-order valence-electron chi connectivity index (χ3n) is 3.04. The van der Waals surface area contributed by atoms with Crippen LogP contribution in [0.4, 0.5) is 0 Å². The van der Waals surface area contributed by atoms with E-state index in [4.69, 9.17) is 0 Å². The van der Waals surface area contributed by atoms with Crippen LogP contribution in [0.3, 0.4) is 0 Å². The van der Waals surface area contributed by atoms with Crippen LogP contribution in [0, 0.1) is 17.8 Å². The van der Waals surface area contributed by atoms with Gasteiger partial charge in [-0.3, -0.25) is 0 Å². The van der Waals surface area contributed by atoms with Crippen molar-refractivity contribution in [3.05, 3.63) is 0 Å². The predicted octanol–water partition coefficient (Wildman–Crippen LogP) is 2.83. The van der Waals surface area contributed by atoms with Crippen LogP contribution in [-0.4, -0.2) is 0 Å². The lowest BCUT2D eigenvalue weighted by molar-refractivity contribution is 0.448. The number of fused-ring (bicyclic) bond motifs is 1. The average Bonchev–Trinajstić information content (AvgIpc) is 2.42. The zero-order valence-electron chi connectivity index (χ0n) is 6.27. The Hall–Kier alpha value is 0. The molecule has 0 heteroatoms. The first-order chi connectivity index (χ1) is 4.40. The maximum atomic E-state index is 2.31. The second-order valence-electron chi connectivity index (χ2n) is 3.88. The van der Waals surface area contributed by atoms with E-state index in [-0.39, 0.29) is 0 Å². The van der Waals surface area contributed by atoms with E-state index in [0.717, 1.165) is 5.92 Å². The fourth-order valence-electron chi connectivity index (χ4n) is 2.48. The van der Waals surface area contributed by atoms with E-state index >= 15 is 0 Å². The summed E-state index contributed by atoms with van der Waals surface area (Å²) in [6.45, 7) is 2.31. The molecule has 0 aromatic carbocycles. The molecule has 2 fully saturated rings. The van der Waals surface area contributed by atoms with Gasteiger partial charge in [-0.1, -0.05) is 19.8 Å². The maximum Gasteiger partial charge on any atom is -0.0380 e. The first-order valence-electron chi connectivity index (χ1n) is 4.40. The Morgan fingerprint density at radius 1 is 1.11 bits per heavy atom. The summed E-state index contributed by atoms with van der Waals surface area (Å²) >= 11 is 0. The largest absolute Gasteiger partial charge is 0.0654 e. The molecule has 0 spiro atoms. The Labute approximate surface area is 57.6 Å². The minimum Gasteiger partial charge on any atom is -0.0654 e. The van der Waals surface area contributed by atoms with Gasteiger partial charge in [0.05, 0.1) is 0 Å². The van der Waals surface area contributed by atoms with Gasteiger partial charge in [-0.2, -0.15) is 0 Å². The zero-order chi connectivity index (χ0) is 6.27. The smallest absolute Gasteiger partial charge is 0.0380 e. The number of hydrogen-bond acceptors (Lipinski definition) is 0. The standard InChI is InChI=1S/C9H16/c1-2-3-7-4-8-6-9(8)5-7/h7-9H,2-6H2,1H3. The van der Waals surface area contributed by atoms with E-state index in [1.165, 1.54) is 24.7 Å². The van der Waals surface area contributed by atoms with Crippen molar-refractivity contribution in [3.8, 4) is 0 Å². The van der Waals surface area contributed by atoms with Gasteiger partial charge in [-0.25, -0.2) is 0 Å². The molecule has 0 aliphatic heterocycles. The van der Waals surface area contributed by atoms with Crippen molar-refractivity contribution < 1.29 is 0 Å². The molecule has 0 bridgehead atoms. The van der Waals surface area contributed by atoms with Crippen molar-refractivity contribution in [3.63, 3.8) is 0 Å². The zero-order valence-corrected chi connectivity index (χ0v) is 6.27. The fraction of sp³-hybridized carbons (Fsp3) is 1.00. The highest BCUT2D eigenvalue weighted by Crippen LogP contribution is 2.55. The van der Waals surface area contributed by atoms with Crippen LogP contribution in [0.2, 0.25) is 0 Å². The molecule has 2 rings (SSSR count). The SMILES string of the molecule is CCCC1CC2CC2C1. The van der Waals surface area contributed by atoms with Gasteiger partial charge >= 0.3 is 0 Å². The second-order valence-corrected chi connectivity index (χ2v) is 3.88. The van der Waals surface area contributed by atoms with Crippen LogP contribution >= 0.6 is 0 Å². The molecule has 0 N–H and O–H groups in total. The molecule has 0 heterocycles. The lowest BCUT2D eigenvalue weighted by atomic mass is 9.98. The van der Waals surface area contributed by atoms with E-state index in [1.807, 2.05) is 0 Å². The van der Waals surface area contributed by atoms with Gasteiger partial charge in [0.15, 0.2) is 0 Å². The minimum atomic E-state index is 1.14. The Balaban J connectivity index is 1.77. The third kappa shape index (κ3) is 0.997. The second kappa shape index (κ2) is 2.00. The molecule has 2 aliphatic carbocycles. The topological polar surface area (TPSA) is 0 Å². The lowest BCUT2D eigenvalue weighted by Gasteiger charge is -2.07. The molecule has 0 aromatic rings. The monoisotopic (exact) mass is 124 g/mol. The molecule has 2 unspecified atom stereocenters. The van der Waals surface area contributed by atoms with E-state index in [2.05, 4.69) is 6.92 Å². The molecule has 52 valence electrons. The summed E-state index contributed by atoms with van der Waals surface area (Å²) in [5, 5.41) is 0. The van der Waals surface area contributed by atoms with E-state index < -0.39 is 0 Å². The summed E-state index contributed by atoms with van der Waals surface area (Å²) in [7, 11) is 0. The Bertz CT molecular complexity index is 96.6. The van der Waals surface area contributed by atoms with Crippen molar-refractivity contribution in [2.24, 2.45) is 17.8 Å². The highest BCUT2D eigenvalue weighted by atomic mass is 14.5. The van der Waals surface area contributed by atoms with Crippen LogP contribution < -0.4 is 0 Å². The van der Waals surface area contributed by atoms with Crippen molar-refractivity contribution in [2.45, 2.75) is 39.0 Å².